The molecule has 5 heteroatoms. The van der Waals surface area contributed by atoms with Crippen molar-refractivity contribution in [2.45, 2.75) is 25.8 Å². The Labute approximate surface area is 133 Å². The van der Waals surface area contributed by atoms with Crippen molar-refractivity contribution in [2.75, 3.05) is 26.3 Å². The molecule has 1 spiro atoms. The van der Waals surface area contributed by atoms with Crippen LogP contribution in [0.4, 0.5) is 0 Å². The second-order valence-corrected chi connectivity index (χ2v) is 7.91. The molecule has 0 aliphatic carbocycles. The molecule has 0 N–H and O–H groups in total. The van der Waals surface area contributed by atoms with Crippen LogP contribution in [-0.4, -0.2) is 36.2 Å². The maximum atomic E-state index is 5.72. The summed E-state index contributed by atoms with van der Waals surface area (Å²) in [5, 5.41) is 7.66. The van der Waals surface area contributed by atoms with E-state index in [4.69, 9.17) is 9.72 Å². The van der Waals surface area contributed by atoms with E-state index in [2.05, 4.69) is 27.1 Å². The summed E-state index contributed by atoms with van der Waals surface area (Å²) in [4.78, 5) is 7.36. The van der Waals surface area contributed by atoms with E-state index >= 15 is 0 Å². The predicted octanol–water partition coefficient (Wildman–Crippen LogP) is 3.87. The first-order chi connectivity index (χ1) is 10.3. The largest absolute Gasteiger partial charge is 0.381 e. The molecule has 0 radical (unpaired) electrons. The van der Waals surface area contributed by atoms with Crippen molar-refractivity contribution >= 4 is 22.7 Å². The van der Waals surface area contributed by atoms with Gasteiger partial charge >= 0.3 is 0 Å². The average Bonchev–Trinajstić information content (AvgIpc) is 3.22. The Morgan fingerprint density at radius 1 is 1.33 bits per heavy atom. The highest BCUT2D eigenvalue weighted by Crippen LogP contribution is 2.38. The molecule has 0 amide bonds. The van der Waals surface area contributed by atoms with Crippen molar-refractivity contribution in [3.8, 4) is 10.6 Å². The fourth-order valence-electron chi connectivity index (χ4n) is 3.52. The van der Waals surface area contributed by atoms with E-state index in [1.165, 1.54) is 43.6 Å². The van der Waals surface area contributed by atoms with Gasteiger partial charge in [-0.05, 0) is 37.3 Å². The fraction of sp³-hybridized carbons (Fsp3) is 0.562. The van der Waals surface area contributed by atoms with Crippen LogP contribution in [0.3, 0.4) is 0 Å². The summed E-state index contributed by atoms with van der Waals surface area (Å²) in [6, 6.07) is 2.15. The lowest BCUT2D eigenvalue weighted by atomic mass is 9.82. The number of nitrogens with zero attached hydrogens (tertiary/aromatic N) is 2. The molecule has 0 aromatic carbocycles. The SMILES string of the molecule is c1cc(-c2nc(CN3CCC4(CCCOC4)C3)cs2)cs1. The molecule has 4 heterocycles. The molecule has 0 bridgehead atoms. The van der Waals surface area contributed by atoms with Crippen LogP contribution in [0.1, 0.15) is 25.0 Å². The number of thiophene rings is 1. The topological polar surface area (TPSA) is 25.4 Å². The summed E-state index contributed by atoms with van der Waals surface area (Å²) >= 11 is 3.50. The van der Waals surface area contributed by atoms with Gasteiger partial charge in [-0.2, -0.15) is 11.3 Å². The third-order valence-corrected chi connectivity index (χ3v) is 6.25. The van der Waals surface area contributed by atoms with Gasteiger partial charge in [-0.3, -0.25) is 4.90 Å². The normalized spacial score (nSPS) is 26.7. The fourth-order valence-corrected chi connectivity index (χ4v) is 5.05. The van der Waals surface area contributed by atoms with E-state index in [0.29, 0.717) is 5.41 Å². The van der Waals surface area contributed by atoms with Gasteiger partial charge in [-0.25, -0.2) is 4.98 Å². The summed E-state index contributed by atoms with van der Waals surface area (Å²) in [7, 11) is 0. The second kappa shape index (κ2) is 5.80. The van der Waals surface area contributed by atoms with E-state index in [1.54, 1.807) is 22.7 Å². The highest BCUT2D eigenvalue weighted by atomic mass is 32.1. The Hall–Kier alpha value is -0.750. The molecule has 1 atom stereocenters. The summed E-state index contributed by atoms with van der Waals surface area (Å²) in [6.07, 6.45) is 3.85. The Bertz CT molecular complexity index is 587. The Morgan fingerprint density at radius 2 is 2.33 bits per heavy atom. The van der Waals surface area contributed by atoms with E-state index in [9.17, 15) is 0 Å². The number of ether oxygens (including phenoxy) is 1. The molecule has 2 fully saturated rings. The number of hydrogen-bond acceptors (Lipinski definition) is 5. The van der Waals surface area contributed by atoms with Crippen molar-refractivity contribution in [2.24, 2.45) is 5.41 Å². The van der Waals surface area contributed by atoms with Crippen LogP contribution in [0.25, 0.3) is 10.6 Å². The average molecular weight is 320 g/mol. The van der Waals surface area contributed by atoms with Crippen LogP contribution in [0.15, 0.2) is 22.2 Å². The summed E-state index contributed by atoms with van der Waals surface area (Å²) < 4.78 is 5.72. The minimum atomic E-state index is 0.435. The molecule has 2 aliphatic rings. The molecular weight excluding hydrogens is 300 g/mol. The van der Waals surface area contributed by atoms with Gasteiger partial charge in [0.25, 0.3) is 0 Å². The molecule has 2 saturated heterocycles. The first kappa shape index (κ1) is 13.9. The first-order valence-electron chi connectivity index (χ1n) is 7.60. The van der Waals surface area contributed by atoms with Crippen LogP contribution < -0.4 is 0 Å². The first-order valence-corrected chi connectivity index (χ1v) is 9.42. The molecule has 21 heavy (non-hydrogen) atoms. The summed E-state index contributed by atoms with van der Waals surface area (Å²) in [5.74, 6) is 0. The van der Waals surface area contributed by atoms with Gasteiger partial charge in [-0.1, -0.05) is 0 Å². The van der Waals surface area contributed by atoms with E-state index in [0.717, 1.165) is 24.8 Å². The zero-order valence-corrected chi connectivity index (χ0v) is 13.7. The lowest BCUT2D eigenvalue weighted by Gasteiger charge is -2.33. The molecule has 0 saturated carbocycles. The molecule has 112 valence electrons. The molecule has 4 rings (SSSR count). The number of likely N-dealkylation sites (tertiary alicyclic amines) is 1. The number of aromatic nitrogens is 1. The van der Waals surface area contributed by atoms with Gasteiger partial charge in [0.05, 0.1) is 12.3 Å². The third-order valence-electron chi connectivity index (χ3n) is 4.63. The number of rotatable bonds is 3. The van der Waals surface area contributed by atoms with Gasteiger partial charge in [0.15, 0.2) is 0 Å². The van der Waals surface area contributed by atoms with Gasteiger partial charge in [0, 0.05) is 41.4 Å². The predicted molar refractivity (Wildman–Crippen MR) is 87.8 cm³/mol. The Balaban J connectivity index is 1.41. The van der Waals surface area contributed by atoms with E-state index < -0.39 is 0 Å². The second-order valence-electron chi connectivity index (χ2n) is 6.27. The van der Waals surface area contributed by atoms with Crippen molar-refractivity contribution < 1.29 is 4.74 Å². The monoisotopic (exact) mass is 320 g/mol. The summed E-state index contributed by atoms with van der Waals surface area (Å²) in [5.41, 5.74) is 2.91. The van der Waals surface area contributed by atoms with Crippen molar-refractivity contribution in [3.63, 3.8) is 0 Å². The van der Waals surface area contributed by atoms with Crippen LogP contribution in [0.5, 0.6) is 0 Å². The lowest BCUT2D eigenvalue weighted by Crippen LogP contribution is -2.34. The zero-order chi connectivity index (χ0) is 14.1. The smallest absolute Gasteiger partial charge is 0.124 e. The highest BCUT2D eigenvalue weighted by molar-refractivity contribution is 7.14. The van der Waals surface area contributed by atoms with Crippen molar-refractivity contribution in [1.82, 2.24) is 9.88 Å². The van der Waals surface area contributed by atoms with Crippen LogP contribution in [0, 0.1) is 5.41 Å². The maximum Gasteiger partial charge on any atom is 0.124 e. The minimum absolute atomic E-state index is 0.435. The van der Waals surface area contributed by atoms with Gasteiger partial charge < -0.3 is 4.74 Å². The minimum Gasteiger partial charge on any atom is -0.381 e. The maximum absolute atomic E-state index is 5.72. The molecular formula is C16H20N2OS2. The van der Waals surface area contributed by atoms with Gasteiger partial charge in [0.2, 0.25) is 0 Å². The third kappa shape index (κ3) is 2.93. The standard InChI is InChI=1S/C16H20N2OS2/c1-3-16(12-19-6-1)4-5-18(11-16)8-14-10-21-15(17-14)13-2-7-20-9-13/h2,7,9-10H,1,3-6,8,11-12H2. The van der Waals surface area contributed by atoms with Crippen LogP contribution >= 0.6 is 22.7 Å². The Kier molecular flexibility index (Phi) is 3.83. The number of thiazole rings is 1. The van der Waals surface area contributed by atoms with Crippen molar-refractivity contribution in [1.29, 1.82) is 0 Å². The molecule has 2 aromatic heterocycles. The van der Waals surface area contributed by atoms with Crippen LogP contribution in [0.2, 0.25) is 0 Å². The molecule has 2 aromatic rings. The Morgan fingerprint density at radius 3 is 3.14 bits per heavy atom. The molecule has 1 unspecified atom stereocenters. The van der Waals surface area contributed by atoms with E-state index in [1.807, 2.05) is 0 Å². The zero-order valence-electron chi connectivity index (χ0n) is 12.1. The quantitative estimate of drug-likeness (QED) is 0.858. The van der Waals surface area contributed by atoms with Crippen molar-refractivity contribution in [3.05, 3.63) is 27.9 Å². The van der Waals surface area contributed by atoms with Crippen LogP contribution in [-0.2, 0) is 11.3 Å². The van der Waals surface area contributed by atoms with Gasteiger partial charge in [-0.15, -0.1) is 11.3 Å². The molecule has 2 aliphatic heterocycles. The lowest BCUT2D eigenvalue weighted by molar-refractivity contribution is -0.00252. The number of hydrogen-bond donors (Lipinski definition) is 0. The summed E-state index contributed by atoms with van der Waals surface area (Å²) in [6.45, 7) is 5.27. The highest BCUT2D eigenvalue weighted by Gasteiger charge is 2.39. The molecule has 3 nitrogen and oxygen atoms in total. The van der Waals surface area contributed by atoms with Gasteiger partial charge in [0.1, 0.15) is 5.01 Å². The van der Waals surface area contributed by atoms with E-state index in [-0.39, 0.29) is 0 Å².